The lowest BCUT2D eigenvalue weighted by Crippen LogP contribution is -2.03. The Balaban J connectivity index is 1.66. The van der Waals surface area contributed by atoms with Crippen molar-refractivity contribution in [1.29, 1.82) is 0 Å². The van der Waals surface area contributed by atoms with Crippen LogP contribution in [0.25, 0.3) is 0 Å². The van der Waals surface area contributed by atoms with Crippen LogP contribution in [0, 0.1) is 0 Å². The van der Waals surface area contributed by atoms with E-state index < -0.39 is 0 Å². The van der Waals surface area contributed by atoms with Crippen molar-refractivity contribution in [2.75, 3.05) is 0 Å². The van der Waals surface area contributed by atoms with Gasteiger partial charge in [0.05, 0.1) is 5.69 Å². The number of thiazole rings is 1. The van der Waals surface area contributed by atoms with Crippen molar-refractivity contribution in [1.82, 2.24) is 4.98 Å². The largest absolute Gasteiger partial charge is 0.487 e. The minimum absolute atomic E-state index is 0.503. The van der Waals surface area contributed by atoms with E-state index in [0.29, 0.717) is 13.2 Å². The molecule has 0 aliphatic heterocycles. The zero-order chi connectivity index (χ0) is 13.1. The first-order chi connectivity index (χ1) is 9.35. The van der Waals surface area contributed by atoms with Gasteiger partial charge in [-0.15, -0.1) is 11.3 Å². The second-order valence-electron chi connectivity index (χ2n) is 4.86. The van der Waals surface area contributed by atoms with Crippen molar-refractivity contribution >= 4 is 11.3 Å². The molecule has 0 atom stereocenters. The van der Waals surface area contributed by atoms with E-state index in [9.17, 15) is 0 Å². The van der Waals surface area contributed by atoms with Gasteiger partial charge in [0.15, 0.2) is 0 Å². The number of fused-ring (bicyclic) bond motifs is 1. The summed E-state index contributed by atoms with van der Waals surface area (Å²) in [4.78, 5) is 4.40. The Labute approximate surface area is 117 Å². The molecule has 0 radical (unpaired) electrons. The molecule has 1 aromatic carbocycles. The molecule has 3 rings (SSSR count). The van der Waals surface area contributed by atoms with Crippen molar-refractivity contribution in [3.63, 3.8) is 0 Å². The van der Waals surface area contributed by atoms with Gasteiger partial charge in [0.1, 0.15) is 17.4 Å². The molecule has 19 heavy (non-hydrogen) atoms. The third-order valence-electron chi connectivity index (χ3n) is 3.48. The van der Waals surface area contributed by atoms with Crippen LogP contribution in [-0.2, 0) is 26.0 Å². The van der Waals surface area contributed by atoms with Crippen LogP contribution in [0.3, 0.4) is 0 Å². The van der Waals surface area contributed by atoms with Gasteiger partial charge in [0.2, 0.25) is 0 Å². The Morgan fingerprint density at radius 2 is 2.05 bits per heavy atom. The van der Waals surface area contributed by atoms with E-state index in [-0.39, 0.29) is 0 Å². The standard InChI is InChI=1S/C15H18N2OS/c16-8-15-17-13(10-19-15)9-18-14-6-5-11-3-1-2-4-12(11)7-14/h5-7,10H,1-4,8-9,16H2. The Kier molecular flexibility index (Phi) is 3.80. The molecule has 4 heteroatoms. The zero-order valence-electron chi connectivity index (χ0n) is 10.9. The molecule has 0 bridgehead atoms. The number of aryl methyl sites for hydroxylation is 2. The number of rotatable bonds is 4. The quantitative estimate of drug-likeness (QED) is 0.932. The molecule has 2 aromatic rings. The van der Waals surface area contributed by atoms with Gasteiger partial charge in [-0.3, -0.25) is 0 Å². The van der Waals surface area contributed by atoms with E-state index in [0.717, 1.165) is 16.5 Å². The number of nitrogens with two attached hydrogens (primary N) is 1. The minimum atomic E-state index is 0.503. The summed E-state index contributed by atoms with van der Waals surface area (Å²) in [7, 11) is 0. The SMILES string of the molecule is NCc1nc(COc2ccc3c(c2)CCCC3)cs1. The number of aromatic nitrogens is 1. The van der Waals surface area contributed by atoms with E-state index in [4.69, 9.17) is 10.5 Å². The normalized spacial score (nSPS) is 14.2. The first-order valence-corrected chi connectivity index (χ1v) is 7.61. The van der Waals surface area contributed by atoms with Crippen LogP contribution in [0.4, 0.5) is 0 Å². The average molecular weight is 274 g/mol. The van der Waals surface area contributed by atoms with Crippen LogP contribution >= 0.6 is 11.3 Å². The van der Waals surface area contributed by atoms with E-state index in [1.54, 1.807) is 11.3 Å². The molecule has 1 aliphatic rings. The number of benzene rings is 1. The second kappa shape index (κ2) is 5.72. The average Bonchev–Trinajstić information content (AvgIpc) is 2.93. The van der Waals surface area contributed by atoms with Gasteiger partial charge in [-0.1, -0.05) is 6.07 Å². The van der Waals surface area contributed by atoms with Crippen molar-refractivity contribution < 1.29 is 4.74 Å². The molecule has 2 N–H and O–H groups in total. The predicted molar refractivity (Wildman–Crippen MR) is 77.4 cm³/mol. The highest BCUT2D eigenvalue weighted by molar-refractivity contribution is 7.09. The highest BCUT2D eigenvalue weighted by Crippen LogP contribution is 2.25. The van der Waals surface area contributed by atoms with Crippen molar-refractivity contribution in [2.24, 2.45) is 5.73 Å². The topological polar surface area (TPSA) is 48.1 Å². The van der Waals surface area contributed by atoms with Gasteiger partial charge in [0.25, 0.3) is 0 Å². The summed E-state index contributed by atoms with van der Waals surface area (Å²) in [6.07, 6.45) is 5.00. The number of nitrogens with zero attached hydrogens (tertiary/aromatic N) is 1. The maximum atomic E-state index is 5.82. The first kappa shape index (κ1) is 12.6. The summed E-state index contributed by atoms with van der Waals surface area (Å²) in [6.45, 7) is 1.03. The summed E-state index contributed by atoms with van der Waals surface area (Å²) in [6, 6.07) is 6.46. The molecule has 0 saturated carbocycles. The van der Waals surface area contributed by atoms with Crippen LogP contribution < -0.4 is 10.5 Å². The highest BCUT2D eigenvalue weighted by atomic mass is 32.1. The lowest BCUT2D eigenvalue weighted by molar-refractivity contribution is 0.301. The van der Waals surface area contributed by atoms with Crippen LogP contribution in [0.5, 0.6) is 5.75 Å². The second-order valence-corrected chi connectivity index (χ2v) is 5.81. The Morgan fingerprint density at radius 1 is 1.21 bits per heavy atom. The molecule has 0 fully saturated rings. The fourth-order valence-electron chi connectivity index (χ4n) is 2.47. The summed E-state index contributed by atoms with van der Waals surface area (Å²) in [5.41, 5.74) is 9.45. The maximum absolute atomic E-state index is 5.82. The van der Waals surface area contributed by atoms with Crippen LogP contribution in [0.1, 0.15) is 34.7 Å². The summed E-state index contributed by atoms with van der Waals surface area (Å²) in [5.74, 6) is 0.947. The fraction of sp³-hybridized carbons (Fsp3) is 0.400. The molecule has 100 valence electrons. The molecule has 1 aromatic heterocycles. The Bertz CT molecular complexity index is 565. The first-order valence-electron chi connectivity index (χ1n) is 6.73. The molecule has 0 unspecified atom stereocenters. The molecular formula is C15H18N2OS. The van der Waals surface area contributed by atoms with E-state index in [1.165, 1.54) is 36.8 Å². The number of hydrogen-bond acceptors (Lipinski definition) is 4. The van der Waals surface area contributed by atoms with Gasteiger partial charge in [-0.05, 0) is 48.9 Å². The van der Waals surface area contributed by atoms with Gasteiger partial charge in [-0.25, -0.2) is 4.98 Å². The molecule has 0 saturated heterocycles. The van der Waals surface area contributed by atoms with Crippen molar-refractivity contribution in [2.45, 2.75) is 38.8 Å². The monoisotopic (exact) mass is 274 g/mol. The summed E-state index contributed by atoms with van der Waals surface area (Å²) >= 11 is 1.59. The predicted octanol–water partition coefficient (Wildman–Crippen LogP) is 3.06. The van der Waals surface area contributed by atoms with Crippen LogP contribution in [-0.4, -0.2) is 4.98 Å². The minimum Gasteiger partial charge on any atom is -0.487 e. The highest BCUT2D eigenvalue weighted by Gasteiger charge is 2.10. The van der Waals surface area contributed by atoms with Gasteiger partial charge < -0.3 is 10.5 Å². The molecule has 3 nitrogen and oxygen atoms in total. The lowest BCUT2D eigenvalue weighted by Gasteiger charge is -2.16. The number of ether oxygens (including phenoxy) is 1. The zero-order valence-corrected chi connectivity index (χ0v) is 11.7. The third kappa shape index (κ3) is 2.96. The lowest BCUT2D eigenvalue weighted by atomic mass is 9.92. The summed E-state index contributed by atoms with van der Waals surface area (Å²) in [5, 5.41) is 2.98. The van der Waals surface area contributed by atoms with Crippen LogP contribution in [0.15, 0.2) is 23.6 Å². The maximum Gasteiger partial charge on any atom is 0.131 e. The van der Waals surface area contributed by atoms with E-state index in [2.05, 4.69) is 23.2 Å². The summed E-state index contributed by atoms with van der Waals surface area (Å²) < 4.78 is 5.82. The Morgan fingerprint density at radius 3 is 2.84 bits per heavy atom. The van der Waals surface area contributed by atoms with E-state index in [1.807, 2.05) is 5.38 Å². The third-order valence-corrected chi connectivity index (χ3v) is 4.40. The van der Waals surface area contributed by atoms with Crippen LogP contribution in [0.2, 0.25) is 0 Å². The van der Waals surface area contributed by atoms with Crippen molar-refractivity contribution in [3.8, 4) is 5.75 Å². The van der Waals surface area contributed by atoms with E-state index >= 15 is 0 Å². The smallest absolute Gasteiger partial charge is 0.131 e. The number of hydrogen-bond donors (Lipinski definition) is 1. The molecule has 0 spiro atoms. The molecule has 0 amide bonds. The van der Waals surface area contributed by atoms with Gasteiger partial charge in [-0.2, -0.15) is 0 Å². The fourth-order valence-corrected chi connectivity index (χ4v) is 3.12. The Hall–Kier alpha value is -1.39. The van der Waals surface area contributed by atoms with Crippen molar-refractivity contribution in [3.05, 3.63) is 45.4 Å². The van der Waals surface area contributed by atoms with Gasteiger partial charge in [0, 0.05) is 11.9 Å². The molecule has 1 aliphatic carbocycles. The molecule has 1 heterocycles. The molecular weight excluding hydrogens is 256 g/mol. The van der Waals surface area contributed by atoms with Gasteiger partial charge >= 0.3 is 0 Å².